The average Bonchev–Trinajstić information content (AvgIpc) is 2.87. The highest BCUT2D eigenvalue weighted by atomic mass is 16.7. The number of carbonyl (C=O) groups is 1. The van der Waals surface area contributed by atoms with E-state index in [1.807, 2.05) is 0 Å². The van der Waals surface area contributed by atoms with Crippen LogP contribution in [-0.4, -0.2) is 24.8 Å². The third-order valence-electron chi connectivity index (χ3n) is 6.53. The van der Waals surface area contributed by atoms with Crippen molar-refractivity contribution >= 4 is 5.78 Å². The van der Waals surface area contributed by atoms with Crippen molar-refractivity contribution in [2.45, 2.75) is 5.79 Å². The van der Waals surface area contributed by atoms with E-state index in [1.54, 1.807) is 0 Å². The summed E-state index contributed by atoms with van der Waals surface area (Å²) >= 11 is 0. The minimum atomic E-state index is -0.276. The zero-order valence-electron chi connectivity index (χ0n) is 8.26. The lowest BCUT2D eigenvalue weighted by Gasteiger charge is -2.61. The molecule has 6 aliphatic carbocycles. The Morgan fingerprint density at radius 2 is 1.67 bits per heavy atom. The minimum Gasteiger partial charge on any atom is -0.347 e. The molecule has 7 aliphatic rings. The zero-order valence-corrected chi connectivity index (χ0v) is 8.26. The molecule has 3 heteroatoms. The summed E-state index contributed by atoms with van der Waals surface area (Å²) in [6.45, 7) is 1.49. The van der Waals surface area contributed by atoms with E-state index in [0.717, 1.165) is 25.0 Å². The Morgan fingerprint density at radius 1 is 0.933 bits per heavy atom. The molecule has 15 heavy (non-hydrogen) atoms. The topological polar surface area (TPSA) is 35.5 Å². The van der Waals surface area contributed by atoms with Gasteiger partial charge in [-0.2, -0.15) is 0 Å². The van der Waals surface area contributed by atoms with Crippen molar-refractivity contribution in [3.8, 4) is 0 Å². The lowest BCUT2D eigenvalue weighted by atomic mass is 9.41. The lowest BCUT2D eigenvalue weighted by molar-refractivity contribution is -0.225. The van der Waals surface area contributed by atoms with Crippen LogP contribution in [0, 0.1) is 47.3 Å². The molecule has 0 aromatic rings. The van der Waals surface area contributed by atoms with Crippen molar-refractivity contribution < 1.29 is 14.3 Å². The Labute approximate surface area is 87.1 Å². The fourth-order valence-corrected chi connectivity index (χ4v) is 6.65. The Hall–Kier alpha value is -0.410. The van der Waals surface area contributed by atoms with Crippen LogP contribution >= 0.6 is 0 Å². The molecule has 8 atom stereocenters. The van der Waals surface area contributed by atoms with Gasteiger partial charge in [0.1, 0.15) is 5.78 Å². The summed E-state index contributed by atoms with van der Waals surface area (Å²) in [6, 6.07) is 0. The molecule has 0 unspecified atom stereocenters. The number of ketones is 1. The Balaban J connectivity index is 1.66. The van der Waals surface area contributed by atoms with Gasteiger partial charge in [-0.15, -0.1) is 0 Å². The third-order valence-corrected chi connectivity index (χ3v) is 6.53. The van der Waals surface area contributed by atoms with E-state index in [-0.39, 0.29) is 5.79 Å². The van der Waals surface area contributed by atoms with E-state index < -0.39 is 0 Å². The molecule has 1 heterocycles. The molecule has 4 bridgehead atoms. The summed E-state index contributed by atoms with van der Waals surface area (Å²) in [6.07, 6.45) is 0. The molecule has 7 fully saturated rings. The van der Waals surface area contributed by atoms with E-state index in [2.05, 4.69) is 0 Å². The Kier molecular flexibility index (Phi) is 0.753. The van der Waals surface area contributed by atoms with Gasteiger partial charge in [-0.1, -0.05) is 0 Å². The number of carbonyl (C=O) groups excluding carboxylic acids is 1. The molecule has 1 saturated heterocycles. The van der Waals surface area contributed by atoms with Gasteiger partial charge in [0.05, 0.1) is 13.2 Å². The van der Waals surface area contributed by atoms with Crippen LogP contribution in [0.25, 0.3) is 0 Å². The van der Waals surface area contributed by atoms with Gasteiger partial charge >= 0.3 is 0 Å². The summed E-state index contributed by atoms with van der Waals surface area (Å²) in [7, 11) is 0. The van der Waals surface area contributed by atoms with Crippen LogP contribution in [0.3, 0.4) is 0 Å². The highest BCUT2D eigenvalue weighted by Gasteiger charge is 2.95. The molecule has 0 amide bonds. The first-order chi connectivity index (χ1) is 7.36. The molecule has 78 valence electrons. The van der Waals surface area contributed by atoms with Gasteiger partial charge in [-0.05, 0) is 23.7 Å². The molecule has 1 aliphatic heterocycles. The highest BCUT2D eigenvalue weighted by molar-refractivity contribution is 5.94. The third kappa shape index (κ3) is 0.388. The van der Waals surface area contributed by atoms with Crippen LogP contribution in [-0.2, 0) is 14.3 Å². The smallest absolute Gasteiger partial charge is 0.175 e. The van der Waals surface area contributed by atoms with Gasteiger partial charge in [0.15, 0.2) is 5.79 Å². The second-order valence-corrected chi connectivity index (χ2v) is 6.23. The molecular weight excluding hydrogens is 192 g/mol. The number of hydrogen-bond acceptors (Lipinski definition) is 3. The van der Waals surface area contributed by atoms with Crippen molar-refractivity contribution in [2.75, 3.05) is 13.2 Å². The largest absolute Gasteiger partial charge is 0.347 e. The maximum absolute atomic E-state index is 12.1. The predicted octanol–water partition coefficient (Wildman–Crippen LogP) is 0.296. The predicted molar refractivity (Wildman–Crippen MR) is 47.6 cm³/mol. The van der Waals surface area contributed by atoms with Crippen LogP contribution in [0.15, 0.2) is 0 Å². The summed E-state index contributed by atoms with van der Waals surface area (Å²) < 4.78 is 11.9. The fourth-order valence-electron chi connectivity index (χ4n) is 6.65. The number of Topliss-reactive ketones (excluding diaryl/α,β-unsaturated/α-hetero) is 1. The van der Waals surface area contributed by atoms with E-state index in [4.69, 9.17) is 9.47 Å². The molecule has 6 saturated carbocycles. The number of rotatable bonds is 0. The first-order valence-corrected chi connectivity index (χ1v) is 6.18. The molecule has 0 radical (unpaired) electrons. The van der Waals surface area contributed by atoms with Crippen molar-refractivity contribution in [2.24, 2.45) is 47.3 Å². The van der Waals surface area contributed by atoms with Crippen molar-refractivity contribution in [3.63, 3.8) is 0 Å². The van der Waals surface area contributed by atoms with Crippen LogP contribution in [0.1, 0.15) is 0 Å². The van der Waals surface area contributed by atoms with Gasteiger partial charge in [-0.25, -0.2) is 0 Å². The maximum Gasteiger partial charge on any atom is 0.175 e. The van der Waals surface area contributed by atoms with Crippen LogP contribution in [0.2, 0.25) is 0 Å². The van der Waals surface area contributed by atoms with Crippen molar-refractivity contribution in [1.82, 2.24) is 0 Å². The minimum absolute atomic E-state index is 0.276. The van der Waals surface area contributed by atoms with Crippen molar-refractivity contribution in [1.29, 1.82) is 0 Å². The first kappa shape index (κ1) is 7.02. The van der Waals surface area contributed by atoms with Gasteiger partial charge in [0.25, 0.3) is 0 Å². The van der Waals surface area contributed by atoms with Crippen LogP contribution in [0.4, 0.5) is 0 Å². The van der Waals surface area contributed by atoms with Crippen LogP contribution in [0.5, 0.6) is 0 Å². The quantitative estimate of drug-likeness (QED) is 0.569. The second kappa shape index (κ2) is 1.61. The highest BCUT2D eigenvalue weighted by Crippen LogP contribution is 2.90. The number of hydrogen-bond donors (Lipinski definition) is 0. The SMILES string of the molecule is O=C1[C@H]2[C@H]3[C@H]4[C@H]2[C@@H]2[C@@H]1[C@@H]3[C@@H]4C21OCCO1. The summed E-state index contributed by atoms with van der Waals surface area (Å²) in [5.74, 6) is 5.07. The van der Waals surface area contributed by atoms with Crippen molar-refractivity contribution in [3.05, 3.63) is 0 Å². The van der Waals surface area contributed by atoms with Gasteiger partial charge in [-0.3, -0.25) is 4.79 Å². The molecule has 0 aromatic heterocycles. The van der Waals surface area contributed by atoms with Gasteiger partial charge in [0, 0.05) is 23.7 Å². The van der Waals surface area contributed by atoms with Gasteiger partial charge in [0.2, 0.25) is 0 Å². The standard InChI is InChI=1S/C12H12O3/c13-11-7-3-4-6(7)10-8(11)5(3)9(4)12(10)14-1-2-15-12/h3-10H,1-2H2/t3-,4-,5+,6+,7-,8-,9+,10+/m0/s1. The summed E-state index contributed by atoms with van der Waals surface area (Å²) in [5, 5.41) is 0. The van der Waals surface area contributed by atoms with Crippen LogP contribution < -0.4 is 0 Å². The lowest BCUT2D eigenvalue weighted by Crippen LogP contribution is -2.61. The monoisotopic (exact) mass is 204 g/mol. The molecule has 1 spiro atoms. The first-order valence-electron chi connectivity index (χ1n) is 6.18. The van der Waals surface area contributed by atoms with E-state index in [1.165, 1.54) is 0 Å². The average molecular weight is 204 g/mol. The second-order valence-electron chi connectivity index (χ2n) is 6.23. The Bertz CT molecular complexity index is 425. The van der Waals surface area contributed by atoms with E-state index in [9.17, 15) is 4.79 Å². The summed E-state index contributed by atoms with van der Waals surface area (Å²) in [4.78, 5) is 12.1. The zero-order chi connectivity index (χ0) is 9.52. The fraction of sp³-hybridized carbons (Fsp3) is 0.917. The van der Waals surface area contributed by atoms with E-state index >= 15 is 0 Å². The molecule has 3 nitrogen and oxygen atoms in total. The molecular formula is C12H12O3. The normalized spacial score (nSPS) is 72.9. The van der Waals surface area contributed by atoms with E-state index in [0.29, 0.717) is 41.3 Å². The number of ether oxygens (including phenoxy) is 2. The molecule has 0 aromatic carbocycles. The Morgan fingerprint density at radius 3 is 2.33 bits per heavy atom. The maximum atomic E-state index is 12.1. The molecule has 7 rings (SSSR count). The molecule has 0 N–H and O–H groups in total. The summed E-state index contributed by atoms with van der Waals surface area (Å²) in [5.41, 5.74) is 0. The van der Waals surface area contributed by atoms with Gasteiger partial charge < -0.3 is 9.47 Å².